The number of esters is 4. The molecule has 0 spiro atoms. The van der Waals surface area contributed by atoms with Crippen LogP contribution < -0.4 is 5.32 Å². The highest BCUT2D eigenvalue weighted by Gasteiger charge is 2.62. The monoisotopic (exact) mass is 876 g/mol. The average molecular weight is 878 g/mol. The van der Waals surface area contributed by atoms with Gasteiger partial charge in [-0.3, -0.25) is 14.4 Å². The van der Waals surface area contributed by atoms with Crippen molar-refractivity contribution in [1.82, 2.24) is 5.32 Å². The van der Waals surface area contributed by atoms with Crippen LogP contribution in [0.2, 0.25) is 0 Å². The molecular weight excluding hydrogens is 843 g/mol. The number of rotatable bonds is 15. The normalized spacial score (nSPS) is 21.1. The molecule has 0 aromatic heterocycles. The molecule has 0 unspecified atom stereocenters. The quantitative estimate of drug-likeness (QED) is 0.0763. The number of nitrogens with zero attached hydrogens (tertiary/aromatic N) is 1. The summed E-state index contributed by atoms with van der Waals surface area (Å²) in [6.45, 7) is 0.202. The molecule has 1 saturated heterocycles. The number of aliphatic imine (C=N–C) groups is 1. The first-order valence-electron chi connectivity index (χ1n) is 16.1. The van der Waals surface area contributed by atoms with Crippen LogP contribution in [0.1, 0.15) is 25.8 Å². The first-order chi connectivity index (χ1) is 26.3. The van der Waals surface area contributed by atoms with Gasteiger partial charge in [0.25, 0.3) is 0 Å². The molecule has 1 aliphatic heterocycles. The third-order valence-corrected chi connectivity index (χ3v) is 7.83. The fraction of sp³-hybridized carbons (Fsp3) is 0.471. The first-order valence-corrected chi connectivity index (χ1v) is 17.8. The highest BCUT2D eigenvalue weighted by atomic mass is 35.6. The van der Waals surface area contributed by atoms with E-state index in [1.807, 2.05) is 0 Å². The molecule has 308 valence electrons. The molecular formula is C34H35Cl4F3N2O13. The lowest BCUT2D eigenvalue weighted by atomic mass is 9.88. The Hall–Kier alpha value is -4.07. The number of hydrogen-bond acceptors (Lipinski definition) is 14. The van der Waals surface area contributed by atoms with Crippen LogP contribution in [-0.2, 0) is 63.7 Å². The van der Waals surface area contributed by atoms with Crippen molar-refractivity contribution in [3.63, 3.8) is 0 Å². The van der Waals surface area contributed by atoms with Crippen molar-refractivity contribution in [1.29, 1.82) is 0 Å². The highest BCUT2D eigenvalue weighted by Crippen LogP contribution is 2.39. The Balaban J connectivity index is 2.28. The van der Waals surface area contributed by atoms with E-state index in [2.05, 4.69) is 10.3 Å². The van der Waals surface area contributed by atoms with E-state index >= 15 is 0 Å². The molecule has 0 saturated carbocycles. The van der Waals surface area contributed by atoms with Crippen LogP contribution in [0.3, 0.4) is 0 Å². The molecule has 0 aliphatic carbocycles. The third kappa shape index (κ3) is 14.5. The number of amides is 1. The molecule has 1 aliphatic rings. The standard InChI is InChI=1S/C34H35Cl4F3N2O13/c1-19(44)52-23-14-32(30(47)49-3,56-29(34(39,40)41)42-22-12-8-5-9-13-22)55-28(26(23)43-31(48)51-18-33(36,37)38)27(53-20(2)45)24(54-25(46)15-35)17-50-16-21-10-6-4-7-11-21/h4-13,23-24,26-28H,14-18H2,1-3H3,(H,43,48)/t23-,24+,26+,27+,28+,32-/m0/s1. The van der Waals surface area contributed by atoms with E-state index in [0.29, 0.717) is 5.56 Å². The molecule has 1 N–H and O–H groups in total. The van der Waals surface area contributed by atoms with Crippen LogP contribution in [0.15, 0.2) is 65.7 Å². The number of methoxy groups -OCH3 is 1. The minimum Gasteiger partial charge on any atom is -0.464 e. The van der Waals surface area contributed by atoms with Gasteiger partial charge in [0.2, 0.25) is 3.79 Å². The number of halogens is 7. The number of para-hydroxylation sites is 1. The van der Waals surface area contributed by atoms with Gasteiger partial charge < -0.3 is 43.2 Å². The second-order valence-corrected chi connectivity index (χ2v) is 14.4. The number of benzene rings is 2. The summed E-state index contributed by atoms with van der Waals surface area (Å²) in [6, 6.07) is 13.3. The van der Waals surface area contributed by atoms with Gasteiger partial charge in [0, 0.05) is 13.8 Å². The van der Waals surface area contributed by atoms with Gasteiger partial charge >= 0.3 is 47.8 Å². The van der Waals surface area contributed by atoms with Crippen molar-refractivity contribution in [2.24, 2.45) is 4.99 Å². The minimum atomic E-state index is -5.41. The number of carbonyl (C=O) groups is 5. The van der Waals surface area contributed by atoms with Crippen molar-refractivity contribution < 1.29 is 75.0 Å². The molecule has 1 amide bonds. The molecule has 15 nitrogen and oxygen atoms in total. The van der Waals surface area contributed by atoms with Gasteiger partial charge in [0.05, 0.1) is 38.5 Å². The van der Waals surface area contributed by atoms with Crippen LogP contribution in [0, 0.1) is 0 Å². The predicted octanol–water partition coefficient (Wildman–Crippen LogP) is 5.65. The maximum absolute atomic E-state index is 14.6. The van der Waals surface area contributed by atoms with Gasteiger partial charge in [-0.15, -0.1) is 11.6 Å². The van der Waals surface area contributed by atoms with Crippen molar-refractivity contribution in [3.8, 4) is 0 Å². The first kappa shape index (κ1) is 46.3. The minimum absolute atomic E-state index is 0.116. The Morgan fingerprint density at radius 2 is 1.59 bits per heavy atom. The zero-order valence-corrected chi connectivity index (χ0v) is 32.6. The maximum Gasteiger partial charge on any atom is 0.468 e. The number of alkyl halides is 7. The van der Waals surface area contributed by atoms with Crippen molar-refractivity contribution in [2.45, 2.75) is 73.1 Å². The largest absolute Gasteiger partial charge is 0.468 e. The number of carbonyl (C=O) groups excluding carboxylic acids is 5. The molecule has 2 aromatic rings. The van der Waals surface area contributed by atoms with Crippen LogP contribution in [-0.4, -0.2) is 108 Å². The predicted molar refractivity (Wildman–Crippen MR) is 191 cm³/mol. The molecule has 0 bridgehead atoms. The Bertz CT molecular complexity index is 1690. The Labute approximate surface area is 337 Å². The summed E-state index contributed by atoms with van der Waals surface area (Å²) in [5.74, 6) is -11.0. The zero-order valence-electron chi connectivity index (χ0n) is 29.6. The Kier molecular flexibility index (Phi) is 17.3. The van der Waals surface area contributed by atoms with Crippen LogP contribution >= 0.6 is 46.4 Å². The molecule has 22 heteroatoms. The van der Waals surface area contributed by atoms with Crippen LogP contribution in [0.5, 0.6) is 0 Å². The van der Waals surface area contributed by atoms with Gasteiger partial charge in [-0.25, -0.2) is 14.6 Å². The summed E-state index contributed by atoms with van der Waals surface area (Å²) in [5.41, 5.74) is 0.357. The molecule has 1 fully saturated rings. The highest BCUT2D eigenvalue weighted by molar-refractivity contribution is 6.67. The van der Waals surface area contributed by atoms with E-state index in [-0.39, 0.29) is 12.3 Å². The van der Waals surface area contributed by atoms with Crippen molar-refractivity contribution in [2.75, 3.05) is 26.2 Å². The summed E-state index contributed by atoms with van der Waals surface area (Å²) in [4.78, 5) is 68.2. The molecule has 6 atom stereocenters. The lowest BCUT2D eigenvalue weighted by Crippen LogP contribution is -2.70. The molecule has 56 heavy (non-hydrogen) atoms. The summed E-state index contributed by atoms with van der Waals surface area (Å²) in [5, 5.41) is 2.27. The van der Waals surface area contributed by atoms with Gasteiger partial charge in [-0.2, -0.15) is 13.2 Å². The van der Waals surface area contributed by atoms with Crippen molar-refractivity contribution >= 4 is 88.0 Å². The summed E-state index contributed by atoms with van der Waals surface area (Å²) < 4.78 is 85.1. The van der Waals surface area contributed by atoms with Gasteiger partial charge in [-0.05, 0) is 17.7 Å². The van der Waals surface area contributed by atoms with E-state index in [9.17, 15) is 37.1 Å². The van der Waals surface area contributed by atoms with Crippen LogP contribution in [0.25, 0.3) is 0 Å². The summed E-state index contributed by atoms with van der Waals surface area (Å²) in [6.07, 6.45) is -15.8. The number of hydrogen-bond donors (Lipinski definition) is 1. The number of alkyl carbamates (subject to hydrolysis) is 1. The Morgan fingerprint density at radius 1 is 0.964 bits per heavy atom. The second-order valence-electron chi connectivity index (χ2n) is 11.6. The van der Waals surface area contributed by atoms with Crippen molar-refractivity contribution in [3.05, 3.63) is 66.2 Å². The fourth-order valence-corrected chi connectivity index (χ4v) is 5.39. The van der Waals surface area contributed by atoms with E-state index in [0.717, 1.165) is 21.0 Å². The molecule has 0 radical (unpaired) electrons. The fourth-order valence-electron chi connectivity index (χ4n) is 5.17. The molecule has 1 heterocycles. The lowest BCUT2D eigenvalue weighted by Gasteiger charge is -2.48. The molecule has 2 aromatic carbocycles. The van der Waals surface area contributed by atoms with Crippen LogP contribution in [0.4, 0.5) is 23.7 Å². The van der Waals surface area contributed by atoms with E-state index in [4.69, 9.17) is 84.3 Å². The third-order valence-electron chi connectivity index (χ3n) is 7.28. The SMILES string of the molecule is COC(=O)[C@@]1(OC(=Nc2ccccc2)C(F)(F)F)C[C@H](OC(C)=O)[C@@H](NC(=O)OCC(Cl)(Cl)Cl)[C@H]([C@H](OC(C)=O)[C@@H](COCc2ccccc2)OC(=O)CCl)O1. The van der Waals surface area contributed by atoms with E-state index in [1.54, 1.807) is 30.3 Å². The van der Waals surface area contributed by atoms with Gasteiger partial charge in [0.1, 0.15) is 24.7 Å². The van der Waals surface area contributed by atoms with E-state index in [1.165, 1.54) is 30.3 Å². The summed E-state index contributed by atoms with van der Waals surface area (Å²) in [7, 11) is 0.776. The number of nitrogens with one attached hydrogen (secondary N) is 1. The molecule has 3 rings (SSSR count). The average Bonchev–Trinajstić information content (AvgIpc) is 3.12. The zero-order chi connectivity index (χ0) is 41.7. The Morgan fingerprint density at radius 3 is 2.12 bits per heavy atom. The van der Waals surface area contributed by atoms with Gasteiger partial charge in [-0.1, -0.05) is 83.3 Å². The maximum atomic E-state index is 14.6. The number of ether oxygens (including phenoxy) is 8. The summed E-state index contributed by atoms with van der Waals surface area (Å²) >= 11 is 22.9. The van der Waals surface area contributed by atoms with Gasteiger partial charge in [0.15, 0.2) is 12.2 Å². The second kappa shape index (κ2) is 20.9. The lowest BCUT2D eigenvalue weighted by molar-refractivity contribution is -0.298. The smallest absolute Gasteiger partial charge is 0.464 e. The van der Waals surface area contributed by atoms with E-state index < -0.39 is 108 Å². The topological polar surface area (TPSA) is 184 Å².